The lowest BCUT2D eigenvalue weighted by atomic mass is 10.3. The Hall–Kier alpha value is -2.55. The fraction of sp³-hybridized carbons (Fsp3) is 0.0556. The van der Waals surface area contributed by atoms with Gasteiger partial charge in [-0.3, -0.25) is 9.52 Å². The Morgan fingerprint density at radius 3 is 2.56 bits per heavy atom. The average Bonchev–Trinajstić information content (AvgIpc) is 3.09. The minimum Gasteiger partial charge on any atom is -0.495 e. The van der Waals surface area contributed by atoms with Gasteiger partial charge in [-0.25, -0.2) is 8.42 Å². The van der Waals surface area contributed by atoms with E-state index in [0.717, 1.165) is 11.3 Å². The van der Waals surface area contributed by atoms with Crippen molar-refractivity contribution in [2.24, 2.45) is 0 Å². The Balaban J connectivity index is 1.82. The zero-order valence-electron chi connectivity index (χ0n) is 14.1. The highest BCUT2D eigenvalue weighted by Crippen LogP contribution is 2.27. The zero-order chi connectivity index (χ0) is 19.4. The Labute approximate surface area is 165 Å². The molecule has 0 atom stereocenters. The van der Waals surface area contributed by atoms with Crippen LogP contribution < -0.4 is 14.8 Å². The van der Waals surface area contributed by atoms with E-state index in [4.69, 9.17) is 16.3 Å². The van der Waals surface area contributed by atoms with Gasteiger partial charge in [0.2, 0.25) is 0 Å². The van der Waals surface area contributed by atoms with E-state index < -0.39 is 10.0 Å². The molecule has 0 aliphatic carbocycles. The molecule has 0 fully saturated rings. The number of hydrogen-bond donors (Lipinski definition) is 2. The van der Waals surface area contributed by atoms with Gasteiger partial charge in [0.05, 0.1) is 26.9 Å². The summed E-state index contributed by atoms with van der Waals surface area (Å²) in [6.07, 6.45) is 0. The number of amides is 1. The Bertz CT molecular complexity index is 1080. The number of benzene rings is 2. The normalized spacial score (nSPS) is 11.0. The molecule has 2 aromatic carbocycles. The number of nitrogens with one attached hydrogen (secondary N) is 2. The third kappa shape index (κ3) is 4.60. The maximum atomic E-state index is 12.7. The third-order valence-electron chi connectivity index (χ3n) is 3.55. The predicted octanol–water partition coefficient (Wildman–Crippen LogP) is 4.46. The second-order valence-electron chi connectivity index (χ2n) is 5.39. The molecule has 0 spiro atoms. The lowest BCUT2D eigenvalue weighted by Crippen LogP contribution is -2.15. The van der Waals surface area contributed by atoms with Gasteiger partial charge >= 0.3 is 0 Å². The third-order valence-corrected chi connectivity index (χ3v) is 6.14. The van der Waals surface area contributed by atoms with Gasteiger partial charge in [-0.1, -0.05) is 29.8 Å². The van der Waals surface area contributed by atoms with E-state index >= 15 is 0 Å². The number of thiophene rings is 1. The summed E-state index contributed by atoms with van der Waals surface area (Å²) in [5.74, 6) is 0.0410. The van der Waals surface area contributed by atoms with Gasteiger partial charge in [0.25, 0.3) is 15.9 Å². The van der Waals surface area contributed by atoms with Crippen LogP contribution in [0.3, 0.4) is 0 Å². The molecule has 1 heterocycles. The van der Waals surface area contributed by atoms with Crippen LogP contribution >= 0.6 is 22.9 Å². The molecule has 0 saturated carbocycles. The van der Waals surface area contributed by atoms with Crippen molar-refractivity contribution in [2.45, 2.75) is 4.90 Å². The molecule has 140 valence electrons. The van der Waals surface area contributed by atoms with Crippen molar-refractivity contribution in [3.63, 3.8) is 0 Å². The highest BCUT2D eigenvalue weighted by molar-refractivity contribution is 7.92. The van der Waals surface area contributed by atoms with Crippen LogP contribution in [0.25, 0.3) is 0 Å². The molecule has 0 aliphatic rings. The van der Waals surface area contributed by atoms with Crippen LogP contribution in [-0.2, 0) is 10.0 Å². The fourth-order valence-electron chi connectivity index (χ4n) is 2.30. The highest BCUT2D eigenvalue weighted by atomic mass is 35.5. The van der Waals surface area contributed by atoms with Gasteiger partial charge < -0.3 is 10.1 Å². The number of anilines is 2. The molecule has 0 saturated heterocycles. The van der Waals surface area contributed by atoms with Crippen molar-refractivity contribution >= 4 is 50.2 Å². The Morgan fingerprint density at radius 2 is 1.85 bits per heavy atom. The number of sulfonamides is 1. The molecule has 1 aromatic heterocycles. The van der Waals surface area contributed by atoms with Crippen LogP contribution in [-0.4, -0.2) is 21.4 Å². The van der Waals surface area contributed by atoms with Crippen LogP contribution in [0.4, 0.5) is 11.4 Å². The smallest absolute Gasteiger partial charge is 0.265 e. The molecular weight excluding hydrogens is 408 g/mol. The summed E-state index contributed by atoms with van der Waals surface area (Å²) < 4.78 is 33.5. The van der Waals surface area contributed by atoms with Gasteiger partial charge in [0, 0.05) is 5.69 Å². The van der Waals surface area contributed by atoms with Crippen LogP contribution in [0.2, 0.25) is 4.34 Å². The average molecular weight is 423 g/mol. The van der Waals surface area contributed by atoms with Crippen LogP contribution in [0, 0.1) is 0 Å². The van der Waals surface area contributed by atoms with Gasteiger partial charge in [-0.05, 0) is 42.5 Å². The van der Waals surface area contributed by atoms with E-state index in [1.807, 2.05) is 0 Å². The molecule has 0 unspecified atom stereocenters. The quantitative estimate of drug-likeness (QED) is 0.614. The topological polar surface area (TPSA) is 84.5 Å². The molecule has 3 aromatic rings. The largest absolute Gasteiger partial charge is 0.495 e. The minimum atomic E-state index is -3.86. The van der Waals surface area contributed by atoms with Gasteiger partial charge in [-0.15, -0.1) is 11.3 Å². The number of hydrogen-bond acceptors (Lipinski definition) is 5. The molecule has 27 heavy (non-hydrogen) atoms. The monoisotopic (exact) mass is 422 g/mol. The Morgan fingerprint density at radius 1 is 1.07 bits per heavy atom. The number of para-hydroxylation sites is 2. The standard InChI is InChI=1S/C18H15ClN2O4S2/c1-25-15-8-3-2-7-14(15)21-27(23,24)13-6-4-5-12(11-13)20-18(22)16-9-10-17(19)26-16/h2-11,21H,1H3,(H,20,22). The van der Waals surface area contributed by atoms with Crippen LogP contribution in [0.1, 0.15) is 9.67 Å². The minimum absolute atomic E-state index is 0.00965. The first-order chi connectivity index (χ1) is 12.9. The van der Waals surface area contributed by atoms with Crippen molar-refractivity contribution < 1.29 is 17.9 Å². The number of rotatable bonds is 6. The molecule has 0 bridgehead atoms. The molecule has 1 amide bonds. The van der Waals surface area contributed by atoms with E-state index in [-0.39, 0.29) is 10.8 Å². The highest BCUT2D eigenvalue weighted by Gasteiger charge is 2.17. The molecule has 6 nitrogen and oxygen atoms in total. The van der Waals surface area contributed by atoms with Gasteiger partial charge in [0.15, 0.2) is 0 Å². The van der Waals surface area contributed by atoms with Crippen molar-refractivity contribution in [1.29, 1.82) is 0 Å². The van der Waals surface area contributed by atoms with E-state index in [9.17, 15) is 13.2 Å². The van der Waals surface area contributed by atoms with Gasteiger partial charge in [0.1, 0.15) is 5.75 Å². The molecule has 2 N–H and O–H groups in total. The maximum Gasteiger partial charge on any atom is 0.265 e. The predicted molar refractivity (Wildman–Crippen MR) is 108 cm³/mol. The first-order valence-electron chi connectivity index (χ1n) is 7.71. The lowest BCUT2D eigenvalue weighted by molar-refractivity contribution is 0.103. The van der Waals surface area contributed by atoms with Crippen molar-refractivity contribution in [1.82, 2.24) is 0 Å². The second kappa shape index (κ2) is 7.99. The first-order valence-corrected chi connectivity index (χ1v) is 10.4. The van der Waals surface area contributed by atoms with E-state index in [1.54, 1.807) is 48.5 Å². The van der Waals surface area contributed by atoms with Crippen LogP contribution in [0.15, 0.2) is 65.6 Å². The fourth-order valence-corrected chi connectivity index (χ4v) is 4.36. The summed E-state index contributed by atoms with van der Waals surface area (Å²) in [6.45, 7) is 0. The van der Waals surface area contributed by atoms with Crippen molar-refractivity contribution in [2.75, 3.05) is 17.1 Å². The first kappa shape index (κ1) is 19.2. The second-order valence-corrected chi connectivity index (χ2v) is 8.79. The molecule has 3 rings (SSSR count). The molecule has 9 heteroatoms. The van der Waals surface area contributed by atoms with Crippen molar-refractivity contribution in [3.05, 3.63) is 69.9 Å². The van der Waals surface area contributed by atoms with E-state index in [0.29, 0.717) is 26.3 Å². The number of ether oxygens (including phenoxy) is 1. The molecule has 0 radical (unpaired) electrons. The zero-order valence-corrected chi connectivity index (χ0v) is 16.5. The summed E-state index contributed by atoms with van der Waals surface area (Å²) in [4.78, 5) is 12.7. The summed E-state index contributed by atoms with van der Waals surface area (Å²) >= 11 is 6.97. The summed E-state index contributed by atoms with van der Waals surface area (Å²) in [6, 6.07) is 15.9. The van der Waals surface area contributed by atoms with E-state index in [1.165, 1.54) is 19.2 Å². The SMILES string of the molecule is COc1ccccc1NS(=O)(=O)c1cccc(NC(=O)c2ccc(Cl)s2)c1. The summed E-state index contributed by atoms with van der Waals surface area (Å²) in [7, 11) is -2.41. The number of methoxy groups -OCH3 is 1. The summed E-state index contributed by atoms with van der Waals surface area (Å²) in [5.41, 5.74) is 0.676. The number of carbonyl (C=O) groups excluding carboxylic acids is 1. The lowest BCUT2D eigenvalue weighted by Gasteiger charge is -2.12. The number of halogens is 1. The molecule has 0 aliphatic heterocycles. The van der Waals surface area contributed by atoms with Crippen molar-refractivity contribution in [3.8, 4) is 5.75 Å². The van der Waals surface area contributed by atoms with Crippen LogP contribution in [0.5, 0.6) is 5.75 Å². The molecular formula is C18H15ClN2O4S2. The number of carbonyl (C=O) groups is 1. The van der Waals surface area contributed by atoms with E-state index in [2.05, 4.69) is 10.0 Å². The summed E-state index contributed by atoms with van der Waals surface area (Å²) in [5, 5.41) is 2.67. The maximum absolute atomic E-state index is 12.7. The Kier molecular flexibility index (Phi) is 5.69. The van der Waals surface area contributed by atoms with Gasteiger partial charge in [-0.2, -0.15) is 0 Å².